The summed E-state index contributed by atoms with van der Waals surface area (Å²) in [5.41, 5.74) is 8.55. The molecule has 1 aromatic heterocycles. The van der Waals surface area contributed by atoms with Crippen molar-refractivity contribution < 1.29 is 9.90 Å². The molecule has 0 spiro atoms. The maximum atomic E-state index is 10.8. The van der Waals surface area contributed by atoms with Gasteiger partial charge in [-0.1, -0.05) is 12.0 Å². The zero-order chi connectivity index (χ0) is 10.6. The number of pyridine rings is 1. The zero-order valence-corrected chi connectivity index (χ0v) is 7.45. The molecule has 1 rings (SSSR count). The van der Waals surface area contributed by atoms with Crippen LogP contribution < -0.4 is 0 Å². The molecule has 0 saturated carbocycles. The minimum Gasteiger partial charge on any atom is -0.478 e. The Morgan fingerprint density at radius 3 is 3.07 bits per heavy atom. The Kier molecular flexibility index (Phi) is 3.04. The number of carboxylic acid groups (broad SMARTS) is 1. The van der Waals surface area contributed by atoms with Crippen LogP contribution in [0, 0.1) is 0 Å². The fourth-order valence-corrected chi connectivity index (χ4v) is 1.06. The Labute approximate surface area is 79.8 Å². The Bertz CT molecular complexity index is 398. The van der Waals surface area contributed by atoms with E-state index in [0.29, 0.717) is 0 Å². The second kappa shape index (κ2) is 4.25. The van der Waals surface area contributed by atoms with Gasteiger partial charge >= 0.3 is 5.97 Å². The fraction of sp³-hybridized carbons (Fsp3) is 0.250. The Balaban J connectivity index is 3.19. The SMILES string of the molecule is CC(N=[N+]=[N-])c1ncccc1C(=O)O. The van der Waals surface area contributed by atoms with E-state index in [1.807, 2.05) is 0 Å². The molecule has 0 aliphatic rings. The highest BCUT2D eigenvalue weighted by molar-refractivity contribution is 5.88. The third-order valence-corrected chi connectivity index (χ3v) is 1.69. The van der Waals surface area contributed by atoms with Crippen molar-refractivity contribution in [1.82, 2.24) is 4.98 Å². The second-order valence-electron chi connectivity index (χ2n) is 2.62. The van der Waals surface area contributed by atoms with Crippen LogP contribution in [0.2, 0.25) is 0 Å². The standard InChI is InChI=1S/C8H8N4O2/c1-5(11-12-9)7-6(8(13)14)3-2-4-10-7/h2-5H,1H3,(H,13,14). The number of hydrogen-bond donors (Lipinski definition) is 1. The highest BCUT2D eigenvalue weighted by Gasteiger charge is 2.14. The lowest BCUT2D eigenvalue weighted by Crippen LogP contribution is -2.05. The Morgan fingerprint density at radius 2 is 2.50 bits per heavy atom. The van der Waals surface area contributed by atoms with Gasteiger partial charge in [-0.25, -0.2) is 4.79 Å². The molecule has 1 unspecified atom stereocenters. The maximum Gasteiger partial charge on any atom is 0.337 e. The van der Waals surface area contributed by atoms with E-state index in [1.165, 1.54) is 18.3 Å². The number of aromatic nitrogens is 1. The third kappa shape index (κ3) is 1.99. The van der Waals surface area contributed by atoms with Gasteiger partial charge in [0, 0.05) is 11.1 Å². The number of rotatable bonds is 3. The van der Waals surface area contributed by atoms with Crippen LogP contribution in [-0.4, -0.2) is 16.1 Å². The predicted octanol–water partition coefficient (Wildman–Crippen LogP) is 2.15. The number of carbonyl (C=O) groups is 1. The number of nitrogens with zero attached hydrogens (tertiary/aromatic N) is 4. The smallest absolute Gasteiger partial charge is 0.337 e. The molecule has 0 radical (unpaired) electrons. The molecule has 0 amide bonds. The highest BCUT2D eigenvalue weighted by atomic mass is 16.4. The molecule has 72 valence electrons. The normalized spacial score (nSPS) is 11.5. The minimum absolute atomic E-state index is 0.0624. The third-order valence-electron chi connectivity index (χ3n) is 1.69. The quantitative estimate of drug-likeness (QED) is 0.451. The molecule has 0 fully saturated rings. The van der Waals surface area contributed by atoms with Crippen molar-refractivity contribution >= 4 is 5.97 Å². The molecule has 1 heterocycles. The average molecular weight is 192 g/mol. The first kappa shape index (κ1) is 10.0. The van der Waals surface area contributed by atoms with E-state index < -0.39 is 12.0 Å². The monoisotopic (exact) mass is 192 g/mol. The zero-order valence-electron chi connectivity index (χ0n) is 7.45. The number of carboxylic acids is 1. The van der Waals surface area contributed by atoms with Crippen LogP contribution in [0.4, 0.5) is 0 Å². The first-order valence-corrected chi connectivity index (χ1v) is 3.89. The minimum atomic E-state index is -1.08. The van der Waals surface area contributed by atoms with Gasteiger partial charge in [-0.15, -0.1) is 0 Å². The van der Waals surface area contributed by atoms with Crippen molar-refractivity contribution in [2.75, 3.05) is 0 Å². The summed E-state index contributed by atoms with van der Waals surface area (Å²) >= 11 is 0. The maximum absolute atomic E-state index is 10.8. The van der Waals surface area contributed by atoms with Gasteiger partial charge in [0.25, 0.3) is 0 Å². The van der Waals surface area contributed by atoms with Crippen LogP contribution in [0.25, 0.3) is 10.4 Å². The molecule has 0 bridgehead atoms. The summed E-state index contributed by atoms with van der Waals surface area (Å²) in [7, 11) is 0. The molecular formula is C8H8N4O2. The molecule has 6 heteroatoms. The summed E-state index contributed by atoms with van der Waals surface area (Å²) in [6, 6.07) is 2.37. The molecule has 6 nitrogen and oxygen atoms in total. The van der Waals surface area contributed by atoms with Crippen LogP contribution in [-0.2, 0) is 0 Å². The lowest BCUT2D eigenvalue weighted by molar-refractivity contribution is 0.0694. The van der Waals surface area contributed by atoms with Crippen LogP contribution in [0.3, 0.4) is 0 Å². The fourth-order valence-electron chi connectivity index (χ4n) is 1.06. The van der Waals surface area contributed by atoms with Gasteiger partial charge in [0.1, 0.15) is 0 Å². The van der Waals surface area contributed by atoms with E-state index >= 15 is 0 Å². The van der Waals surface area contributed by atoms with Gasteiger partial charge in [-0.2, -0.15) is 0 Å². The lowest BCUT2D eigenvalue weighted by Gasteiger charge is -2.06. The van der Waals surface area contributed by atoms with Crippen molar-refractivity contribution in [3.8, 4) is 0 Å². The van der Waals surface area contributed by atoms with Crippen molar-refractivity contribution in [2.24, 2.45) is 5.11 Å². The molecule has 0 saturated heterocycles. The average Bonchev–Trinajstić information content (AvgIpc) is 2.18. The summed E-state index contributed by atoms with van der Waals surface area (Å²) in [6.07, 6.45) is 1.46. The molecule has 14 heavy (non-hydrogen) atoms. The van der Waals surface area contributed by atoms with Crippen molar-refractivity contribution in [2.45, 2.75) is 13.0 Å². The summed E-state index contributed by atoms with van der Waals surface area (Å²) in [5, 5.41) is 12.2. The Hall–Kier alpha value is -2.07. The van der Waals surface area contributed by atoms with E-state index in [2.05, 4.69) is 15.0 Å². The predicted molar refractivity (Wildman–Crippen MR) is 48.8 cm³/mol. The number of aromatic carboxylic acids is 1. The van der Waals surface area contributed by atoms with Crippen LogP contribution >= 0.6 is 0 Å². The van der Waals surface area contributed by atoms with Gasteiger partial charge in [-0.05, 0) is 17.7 Å². The van der Waals surface area contributed by atoms with Crippen LogP contribution in [0.15, 0.2) is 23.4 Å². The summed E-state index contributed by atoms with van der Waals surface area (Å²) in [5.74, 6) is -1.08. The van der Waals surface area contributed by atoms with Gasteiger partial charge in [0.2, 0.25) is 0 Å². The molecule has 1 aromatic rings. The van der Waals surface area contributed by atoms with Crippen molar-refractivity contribution in [3.63, 3.8) is 0 Å². The van der Waals surface area contributed by atoms with Crippen molar-refractivity contribution in [3.05, 3.63) is 40.0 Å². The van der Waals surface area contributed by atoms with E-state index in [4.69, 9.17) is 10.6 Å². The number of hydrogen-bond acceptors (Lipinski definition) is 3. The molecule has 1 N–H and O–H groups in total. The first-order chi connectivity index (χ1) is 6.66. The van der Waals surface area contributed by atoms with E-state index in [0.717, 1.165) is 0 Å². The molecule has 0 aliphatic carbocycles. The van der Waals surface area contributed by atoms with Crippen LogP contribution in [0.1, 0.15) is 29.0 Å². The molecule has 0 aromatic carbocycles. The second-order valence-corrected chi connectivity index (χ2v) is 2.62. The highest BCUT2D eigenvalue weighted by Crippen LogP contribution is 2.18. The summed E-state index contributed by atoms with van der Waals surface area (Å²) < 4.78 is 0. The van der Waals surface area contributed by atoms with Crippen molar-refractivity contribution in [1.29, 1.82) is 0 Å². The largest absolute Gasteiger partial charge is 0.478 e. The van der Waals surface area contributed by atoms with Gasteiger partial charge in [0.05, 0.1) is 17.3 Å². The molecular weight excluding hydrogens is 184 g/mol. The van der Waals surface area contributed by atoms with Crippen LogP contribution in [0.5, 0.6) is 0 Å². The topological polar surface area (TPSA) is 99.0 Å². The van der Waals surface area contributed by atoms with E-state index in [9.17, 15) is 4.79 Å². The van der Waals surface area contributed by atoms with E-state index in [-0.39, 0.29) is 11.3 Å². The lowest BCUT2D eigenvalue weighted by atomic mass is 10.1. The summed E-state index contributed by atoms with van der Waals surface area (Å²) in [6.45, 7) is 1.59. The van der Waals surface area contributed by atoms with Gasteiger partial charge in [0.15, 0.2) is 0 Å². The van der Waals surface area contributed by atoms with E-state index in [1.54, 1.807) is 6.92 Å². The van der Waals surface area contributed by atoms with Gasteiger partial charge in [-0.3, -0.25) is 4.98 Å². The first-order valence-electron chi connectivity index (χ1n) is 3.89. The Morgan fingerprint density at radius 1 is 1.79 bits per heavy atom. The summed E-state index contributed by atoms with van der Waals surface area (Å²) in [4.78, 5) is 17.2. The molecule has 0 aliphatic heterocycles. The molecule has 1 atom stereocenters. The van der Waals surface area contributed by atoms with Gasteiger partial charge < -0.3 is 5.11 Å². The number of azide groups is 1.